The number of hydrogen-bond donors (Lipinski definition) is 2. The molecular weight excluding hydrogens is 196 g/mol. The van der Waals surface area contributed by atoms with Crippen LogP contribution >= 0.6 is 0 Å². The molecule has 0 saturated heterocycles. The summed E-state index contributed by atoms with van der Waals surface area (Å²) in [5.74, 6) is -0.968. The van der Waals surface area contributed by atoms with E-state index in [9.17, 15) is 4.79 Å². The van der Waals surface area contributed by atoms with E-state index < -0.39 is 11.1 Å². The molecule has 3 N–H and O–H groups in total. The second-order valence-electron chi connectivity index (χ2n) is 0.821. The van der Waals surface area contributed by atoms with Gasteiger partial charge in [0, 0.05) is 0 Å². The first-order valence-electron chi connectivity index (χ1n) is 1.74. The Morgan fingerprint density at radius 2 is 1.70 bits per heavy atom. The summed E-state index contributed by atoms with van der Waals surface area (Å²) in [6.07, 6.45) is 0. The zero-order chi connectivity index (χ0) is 7.86. The number of aliphatic carboxylic acids is 1. The average Bonchev–Trinajstić information content (AvgIpc) is 1.65. The number of carboxylic acid groups (broad SMARTS) is 1. The van der Waals surface area contributed by atoms with E-state index in [1.807, 2.05) is 0 Å². The molecule has 0 saturated carbocycles. The summed E-state index contributed by atoms with van der Waals surface area (Å²) in [6.45, 7) is -0.278. The van der Waals surface area contributed by atoms with Crippen molar-refractivity contribution in [1.82, 2.24) is 0 Å². The first kappa shape index (κ1) is 16.1. The first-order valence-corrected chi connectivity index (χ1v) is 1.74. The number of carbonyl (C=O) groups is 1. The third-order valence-electron chi connectivity index (χ3n) is 0.175. The summed E-state index contributed by atoms with van der Waals surface area (Å²) in [7, 11) is 0. The minimum atomic E-state index is -1.75. The molecule has 0 aromatic carbocycles. The molecule has 0 bridgehead atoms. The van der Waals surface area contributed by atoms with Crippen LogP contribution in [-0.2, 0) is 21.9 Å². The van der Waals surface area contributed by atoms with Crippen LogP contribution in [0, 0.1) is 15.3 Å². The van der Waals surface area contributed by atoms with Gasteiger partial charge in [0.05, 0.1) is 11.6 Å². The minimum Gasteiger partial charge on any atom is -0.480 e. The Morgan fingerprint density at radius 3 is 1.70 bits per heavy atom. The number of carboxylic acids is 1. The fourth-order valence-corrected chi connectivity index (χ4v) is 0. The molecule has 0 atom stereocenters. The van der Waals surface area contributed by atoms with Crippen molar-refractivity contribution in [1.29, 1.82) is 0 Å². The number of nitrogens with zero attached hydrogens (tertiary/aromatic N) is 1. The van der Waals surface area contributed by atoms with E-state index in [4.69, 9.17) is 20.4 Å². The minimum absolute atomic E-state index is 0. The Morgan fingerprint density at radius 1 is 1.60 bits per heavy atom. The average molecular weight is 201 g/mol. The molecule has 0 aromatic rings. The van der Waals surface area contributed by atoms with E-state index in [1.54, 1.807) is 0 Å². The quantitative estimate of drug-likeness (QED) is 0.310. The van der Waals surface area contributed by atoms with E-state index in [-0.39, 0.29) is 23.6 Å². The second kappa shape index (κ2) is 11.0. The van der Waals surface area contributed by atoms with Gasteiger partial charge in [0.2, 0.25) is 0 Å². The van der Waals surface area contributed by atoms with Crippen molar-refractivity contribution in [2.45, 2.75) is 0 Å². The molecule has 0 unspecified atom stereocenters. The summed E-state index contributed by atoms with van der Waals surface area (Å²) in [4.78, 5) is 17.5. The van der Waals surface area contributed by atoms with Crippen LogP contribution in [0.4, 0.5) is 0 Å². The van der Waals surface area contributed by atoms with Crippen molar-refractivity contribution in [3.8, 4) is 0 Å². The number of nitrogens with two attached hydrogens (primary N) is 1. The maximum absolute atomic E-state index is 9.24. The van der Waals surface area contributed by atoms with E-state index in [0.29, 0.717) is 0 Å². The molecule has 0 spiro atoms. The van der Waals surface area contributed by atoms with Gasteiger partial charge in [-0.25, -0.2) is 0 Å². The molecule has 0 amide bonds. The summed E-state index contributed by atoms with van der Waals surface area (Å²) < 4.78 is 0. The van der Waals surface area contributed by atoms with Crippen LogP contribution in [0.3, 0.4) is 0 Å². The van der Waals surface area contributed by atoms with Gasteiger partial charge in [-0.1, -0.05) is 0 Å². The van der Waals surface area contributed by atoms with Gasteiger partial charge in [-0.3, -0.25) is 4.79 Å². The van der Waals surface area contributed by atoms with E-state index in [0.717, 1.165) is 0 Å². The predicted octanol–water partition coefficient (Wildman–Crippen LogP) is -1.21. The molecule has 10 heavy (non-hydrogen) atoms. The van der Waals surface area contributed by atoms with Crippen LogP contribution in [0.15, 0.2) is 0 Å². The van der Waals surface area contributed by atoms with Crippen molar-refractivity contribution >= 4 is 5.97 Å². The number of rotatable bonds is 1. The van der Waals surface area contributed by atoms with Gasteiger partial charge in [-0.05, 0) is 0 Å². The van der Waals surface area contributed by atoms with Crippen LogP contribution in [-0.4, -0.2) is 22.7 Å². The predicted molar refractivity (Wildman–Crippen MR) is 27.1 cm³/mol. The SMILES string of the molecule is NCC(=O)O.O=[N+]([O-])[O-].[Cu+]. The second-order valence-corrected chi connectivity index (χ2v) is 0.821. The smallest absolute Gasteiger partial charge is 0.480 e. The van der Waals surface area contributed by atoms with Crippen molar-refractivity contribution in [3.05, 3.63) is 15.3 Å². The van der Waals surface area contributed by atoms with Gasteiger partial charge in [0.25, 0.3) is 0 Å². The monoisotopic (exact) mass is 200 g/mol. The third-order valence-corrected chi connectivity index (χ3v) is 0.175. The van der Waals surface area contributed by atoms with Crippen LogP contribution in [0.25, 0.3) is 0 Å². The zero-order valence-electron chi connectivity index (χ0n) is 4.61. The van der Waals surface area contributed by atoms with Crippen LogP contribution in [0.2, 0.25) is 0 Å². The van der Waals surface area contributed by atoms with E-state index >= 15 is 0 Å². The first-order chi connectivity index (χ1) is 4.00. The summed E-state index contributed by atoms with van der Waals surface area (Å²) in [5.41, 5.74) is 4.57. The normalized spacial score (nSPS) is 6.10. The Kier molecular flexibility index (Phi) is 17.7. The summed E-state index contributed by atoms with van der Waals surface area (Å²) in [5, 5.41) is 22.3. The number of hydrogen-bond acceptors (Lipinski definition) is 5. The molecule has 0 radical (unpaired) electrons. The Bertz CT molecular complexity index is 102. The molecule has 0 aliphatic heterocycles. The summed E-state index contributed by atoms with van der Waals surface area (Å²) in [6, 6.07) is 0. The fourth-order valence-electron chi connectivity index (χ4n) is 0. The van der Waals surface area contributed by atoms with Gasteiger partial charge in [0.1, 0.15) is 0 Å². The largest absolute Gasteiger partial charge is 1.00 e. The molecule has 0 fully saturated rings. The molecule has 7 nitrogen and oxygen atoms in total. The van der Waals surface area contributed by atoms with Gasteiger partial charge < -0.3 is 26.2 Å². The Labute approximate surface area is 66.4 Å². The molecular formula is C2H5CuN2O5. The molecule has 8 heteroatoms. The fraction of sp³-hybridized carbons (Fsp3) is 0.500. The molecule has 0 aromatic heterocycles. The van der Waals surface area contributed by atoms with Crippen molar-refractivity contribution in [2.75, 3.05) is 6.54 Å². The Balaban J connectivity index is -0.0000000910. The van der Waals surface area contributed by atoms with Crippen LogP contribution < -0.4 is 5.73 Å². The zero-order valence-corrected chi connectivity index (χ0v) is 5.56. The van der Waals surface area contributed by atoms with Crippen molar-refractivity contribution in [3.63, 3.8) is 0 Å². The third kappa shape index (κ3) is 205. The maximum Gasteiger partial charge on any atom is 1.00 e. The Hall–Kier alpha value is -0.851. The molecule has 0 aliphatic carbocycles. The molecule has 64 valence electrons. The van der Waals surface area contributed by atoms with Gasteiger partial charge in [0.15, 0.2) is 0 Å². The molecule has 0 rings (SSSR count). The van der Waals surface area contributed by atoms with Crippen molar-refractivity contribution < 1.29 is 32.1 Å². The molecule has 0 heterocycles. The van der Waals surface area contributed by atoms with E-state index in [1.165, 1.54) is 0 Å². The maximum atomic E-state index is 9.24. The van der Waals surface area contributed by atoms with Gasteiger partial charge in [-0.2, -0.15) is 0 Å². The van der Waals surface area contributed by atoms with E-state index in [2.05, 4.69) is 5.73 Å². The van der Waals surface area contributed by atoms with Crippen LogP contribution in [0.5, 0.6) is 0 Å². The van der Waals surface area contributed by atoms with Gasteiger partial charge in [-0.15, -0.1) is 0 Å². The summed E-state index contributed by atoms with van der Waals surface area (Å²) >= 11 is 0. The van der Waals surface area contributed by atoms with Crippen LogP contribution in [0.1, 0.15) is 0 Å². The molecule has 0 aliphatic rings. The topological polar surface area (TPSA) is 130 Å². The van der Waals surface area contributed by atoms with Crippen molar-refractivity contribution in [2.24, 2.45) is 5.73 Å². The van der Waals surface area contributed by atoms with Gasteiger partial charge >= 0.3 is 23.0 Å². The standard InChI is InChI=1S/C2H5NO2.Cu.NO3/c3-1-2(4)5;;2-1(3)4/h1,3H2,(H,4,5);;/q;+1;-1.